The Bertz CT molecular complexity index is 501. The summed E-state index contributed by atoms with van der Waals surface area (Å²) < 4.78 is 11.8. The first-order chi connectivity index (χ1) is 12.2. The van der Waals surface area contributed by atoms with Gasteiger partial charge in [-0.25, -0.2) is 0 Å². The Kier molecular flexibility index (Phi) is 6.76. The lowest BCUT2D eigenvalue weighted by Crippen LogP contribution is -2.66. The van der Waals surface area contributed by atoms with Crippen LogP contribution in [0.25, 0.3) is 0 Å². The van der Waals surface area contributed by atoms with Crippen molar-refractivity contribution in [3.05, 3.63) is 0 Å². The number of hydrogen-bond acceptors (Lipinski definition) is 3. The van der Waals surface area contributed by atoms with Crippen LogP contribution in [-0.2, 0) is 9.47 Å². The molecule has 1 N–H and O–H groups in total. The molecule has 4 fully saturated rings. The number of nitrogens with one attached hydrogen (secondary N) is 1. The maximum atomic E-state index is 6.11. The number of nitrogens with zero attached hydrogens (tertiary/aromatic N) is 2. The van der Waals surface area contributed by atoms with E-state index in [0.29, 0.717) is 23.0 Å². The molecule has 5 nitrogen and oxygen atoms in total. The van der Waals surface area contributed by atoms with Crippen molar-refractivity contribution in [3.63, 3.8) is 0 Å². The molecule has 150 valence electrons. The molecule has 2 heterocycles. The van der Waals surface area contributed by atoms with Gasteiger partial charge in [-0.2, -0.15) is 0 Å². The van der Waals surface area contributed by atoms with Crippen LogP contribution < -0.4 is 5.32 Å². The van der Waals surface area contributed by atoms with E-state index in [-0.39, 0.29) is 24.0 Å². The molecule has 3 unspecified atom stereocenters. The van der Waals surface area contributed by atoms with Crippen LogP contribution >= 0.6 is 24.0 Å². The Morgan fingerprint density at radius 2 is 2.04 bits per heavy atom. The molecule has 4 rings (SSSR count). The van der Waals surface area contributed by atoms with E-state index in [1.165, 1.54) is 44.9 Å². The first-order valence-electron chi connectivity index (χ1n) is 10.4. The zero-order chi connectivity index (χ0) is 17.3. The fraction of sp³-hybridized carbons (Fsp3) is 0.950. The number of guanidine groups is 1. The Morgan fingerprint density at radius 3 is 2.69 bits per heavy atom. The Hall–Kier alpha value is -0.0800. The molecule has 0 aromatic rings. The molecule has 3 atom stereocenters. The van der Waals surface area contributed by atoms with Crippen LogP contribution in [0.2, 0.25) is 0 Å². The van der Waals surface area contributed by atoms with E-state index >= 15 is 0 Å². The summed E-state index contributed by atoms with van der Waals surface area (Å²) in [6.07, 6.45) is 10.7. The van der Waals surface area contributed by atoms with Crippen LogP contribution in [0.5, 0.6) is 0 Å². The van der Waals surface area contributed by atoms with Gasteiger partial charge in [-0.1, -0.05) is 19.3 Å². The first kappa shape index (κ1) is 20.6. The standard InChI is InChI=1S/C20H35N3O2.HI/c1-3-25-17-13-16(20(17)7-5-4-6-8-20)22-18(21-2)23-11-9-19(14-23)10-12-24-15-19;/h16-17H,3-15H2,1-2H3,(H,21,22);1H. The van der Waals surface area contributed by atoms with E-state index in [4.69, 9.17) is 9.47 Å². The van der Waals surface area contributed by atoms with Gasteiger partial charge >= 0.3 is 0 Å². The fourth-order valence-corrected chi connectivity index (χ4v) is 5.81. The summed E-state index contributed by atoms with van der Waals surface area (Å²) in [4.78, 5) is 7.12. The maximum absolute atomic E-state index is 6.11. The van der Waals surface area contributed by atoms with Crippen molar-refractivity contribution in [2.75, 3.05) is 40.0 Å². The molecule has 26 heavy (non-hydrogen) atoms. The topological polar surface area (TPSA) is 46.1 Å². The average Bonchev–Trinajstić information content (AvgIpc) is 3.28. The second-order valence-electron chi connectivity index (χ2n) is 8.69. The molecule has 2 aliphatic carbocycles. The highest BCUT2D eigenvalue weighted by atomic mass is 127. The molecule has 4 aliphatic rings. The molecule has 2 saturated heterocycles. The largest absolute Gasteiger partial charge is 0.381 e. The smallest absolute Gasteiger partial charge is 0.193 e. The number of hydrogen-bond donors (Lipinski definition) is 1. The summed E-state index contributed by atoms with van der Waals surface area (Å²) >= 11 is 0. The quantitative estimate of drug-likeness (QED) is 0.385. The van der Waals surface area contributed by atoms with Crippen molar-refractivity contribution in [2.24, 2.45) is 15.8 Å². The number of halogens is 1. The molecule has 2 saturated carbocycles. The zero-order valence-corrected chi connectivity index (χ0v) is 18.8. The van der Waals surface area contributed by atoms with Gasteiger partial charge in [0.05, 0.1) is 12.7 Å². The molecular formula is C20H36IN3O2. The van der Waals surface area contributed by atoms with Gasteiger partial charge in [-0.15, -0.1) is 24.0 Å². The highest BCUT2D eigenvalue weighted by molar-refractivity contribution is 14.0. The van der Waals surface area contributed by atoms with E-state index in [2.05, 4.69) is 22.1 Å². The minimum absolute atomic E-state index is 0. The fourth-order valence-electron chi connectivity index (χ4n) is 5.81. The predicted molar refractivity (Wildman–Crippen MR) is 115 cm³/mol. The molecule has 0 aromatic carbocycles. The molecule has 2 aliphatic heterocycles. The normalized spacial score (nSPS) is 36.2. The molecule has 0 radical (unpaired) electrons. The number of ether oxygens (including phenoxy) is 2. The Balaban J connectivity index is 0.00000196. The van der Waals surface area contributed by atoms with Crippen molar-refractivity contribution in [2.45, 2.75) is 70.4 Å². The molecule has 0 amide bonds. The van der Waals surface area contributed by atoms with Crippen LogP contribution in [0.3, 0.4) is 0 Å². The van der Waals surface area contributed by atoms with Crippen molar-refractivity contribution >= 4 is 29.9 Å². The average molecular weight is 477 g/mol. The van der Waals surface area contributed by atoms with Crippen molar-refractivity contribution < 1.29 is 9.47 Å². The summed E-state index contributed by atoms with van der Waals surface area (Å²) in [5.74, 6) is 1.11. The summed E-state index contributed by atoms with van der Waals surface area (Å²) in [6, 6.07) is 0.527. The van der Waals surface area contributed by atoms with E-state index in [0.717, 1.165) is 45.3 Å². The van der Waals surface area contributed by atoms with Crippen molar-refractivity contribution in [3.8, 4) is 0 Å². The van der Waals surface area contributed by atoms with Gasteiger partial charge in [0.25, 0.3) is 0 Å². The Labute approximate surface area is 175 Å². The highest BCUT2D eigenvalue weighted by Crippen LogP contribution is 2.53. The van der Waals surface area contributed by atoms with Gasteiger partial charge in [0.2, 0.25) is 0 Å². The zero-order valence-electron chi connectivity index (χ0n) is 16.5. The van der Waals surface area contributed by atoms with E-state index in [1.54, 1.807) is 0 Å². The first-order valence-corrected chi connectivity index (χ1v) is 10.4. The third kappa shape index (κ3) is 3.62. The van der Waals surface area contributed by atoms with E-state index in [9.17, 15) is 0 Å². The second kappa shape index (κ2) is 8.52. The third-order valence-corrected chi connectivity index (χ3v) is 7.38. The van der Waals surface area contributed by atoms with Crippen molar-refractivity contribution in [1.29, 1.82) is 0 Å². The van der Waals surface area contributed by atoms with Crippen molar-refractivity contribution in [1.82, 2.24) is 10.2 Å². The SMILES string of the molecule is CCOC1CC(NC(=NC)N2CCC3(CCOC3)C2)C12CCCCC2.I. The summed E-state index contributed by atoms with van der Waals surface area (Å²) in [5.41, 5.74) is 0.728. The van der Waals surface area contributed by atoms with Gasteiger partial charge in [-0.05, 0) is 39.0 Å². The summed E-state index contributed by atoms with van der Waals surface area (Å²) in [5, 5.41) is 3.86. The molecule has 6 heteroatoms. The van der Waals surface area contributed by atoms with Crippen LogP contribution in [0.1, 0.15) is 58.3 Å². The van der Waals surface area contributed by atoms with Gasteiger partial charge in [0, 0.05) is 50.2 Å². The minimum Gasteiger partial charge on any atom is -0.381 e. The molecule has 0 aromatic heterocycles. The lowest BCUT2D eigenvalue weighted by molar-refractivity contribution is -0.146. The third-order valence-electron chi connectivity index (χ3n) is 7.38. The second-order valence-corrected chi connectivity index (χ2v) is 8.69. The monoisotopic (exact) mass is 477 g/mol. The number of likely N-dealkylation sites (tertiary alicyclic amines) is 1. The van der Waals surface area contributed by atoms with E-state index < -0.39 is 0 Å². The molecule has 0 bridgehead atoms. The number of rotatable bonds is 3. The van der Waals surface area contributed by atoms with Crippen LogP contribution in [0.4, 0.5) is 0 Å². The summed E-state index contributed by atoms with van der Waals surface area (Å²) in [7, 11) is 1.94. The lowest BCUT2D eigenvalue weighted by atomic mass is 9.55. The minimum atomic E-state index is 0. The molecular weight excluding hydrogens is 441 g/mol. The van der Waals surface area contributed by atoms with Crippen LogP contribution in [0.15, 0.2) is 4.99 Å². The van der Waals surface area contributed by atoms with Gasteiger partial charge in [0.1, 0.15) is 0 Å². The predicted octanol–water partition coefficient (Wildman–Crippen LogP) is 3.42. The van der Waals surface area contributed by atoms with Gasteiger partial charge in [-0.3, -0.25) is 4.99 Å². The van der Waals surface area contributed by atoms with E-state index in [1.807, 2.05) is 7.05 Å². The van der Waals surface area contributed by atoms with Crippen LogP contribution in [0, 0.1) is 10.8 Å². The van der Waals surface area contributed by atoms with Gasteiger partial charge < -0.3 is 19.7 Å². The summed E-state index contributed by atoms with van der Waals surface area (Å²) in [6.45, 7) is 7.03. The lowest BCUT2D eigenvalue weighted by Gasteiger charge is -2.58. The Morgan fingerprint density at radius 1 is 1.23 bits per heavy atom. The van der Waals surface area contributed by atoms with Gasteiger partial charge in [0.15, 0.2) is 5.96 Å². The highest BCUT2D eigenvalue weighted by Gasteiger charge is 2.56. The molecule has 2 spiro atoms. The maximum Gasteiger partial charge on any atom is 0.193 e. The number of aliphatic imine (C=N–C) groups is 1. The van der Waals surface area contributed by atoms with Crippen LogP contribution in [-0.4, -0.2) is 63.0 Å².